The number of aromatic nitrogens is 3. The first-order chi connectivity index (χ1) is 13.5. The van der Waals surface area contributed by atoms with Gasteiger partial charge in [0.25, 0.3) is 0 Å². The van der Waals surface area contributed by atoms with Crippen molar-refractivity contribution in [3.63, 3.8) is 0 Å². The molecule has 1 amide bonds. The summed E-state index contributed by atoms with van der Waals surface area (Å²) < 4.78 is 2.14. The number of aryl methyl sites for hydroxylation is 2. The molecule has 1 saturated carbocycles. The van der Waals surface area contributed by atoms with Crippen molar-refractivity contribution < 1.29 is 4.79 Å². The topological polar surface area (TPSA) is 85.8 Å². The zero-order valence-electron chi connectivity index (χ0n) is 16.6. The van der Waals surface area contributed by atoms with E-state index in [1.807, 2.05) is 38.4 Å². The third-order valence-corrected chi connectivity index (χ3v) is 5.91. The Labute approximate surface area is 165 Å². The number of amides is 1. The summed E-state index contributed by atoms with van der Waals surface area (Å²) >= 11 is 0. The summed E-state index contributed by atoms with van der Waals surface area (Å²) in [6.07, 6.45) is 3.61. The summed E-state index contributed by atoms with van der Waals surface area (Å²) in [5.74, 6) is 1.12. The molecule has 1 unspecified atom stereocenters. The number of fused-ring (bicyclic) bond motifs is 1. The third-order valence-electron chi connectivity index (χ3n) is 5.91. The maximum Gasteiger partial charge on any atom is 0.223 e. The average Bonchev–Trinajstić information content (AvgIpc) is 3.37. The molecular weight excluding hydrogens is 350 g/mol. The van der Waals surface area contributed by atoms with E-state index in [2.05, 4.69) is 38.9 Å². The molecule has 6 nitrogen and oxygen atoms in total. The van der Waals surface area contributed by atoms with E-state index in [-0.39, 0.29) is 17.9 Å². The van der Waals surface area contributed by atoms with E-state index in [9.17, 15) is 4.79 Å². The van der Waals surface area contributed by atoms with Crippen LogP contribution in [0.25, 0.3) is 11.0 Å². The van der Waals surface area contributed by atoms with Gasteiger partial charge in [-0.2, -0.15) is 0 Å². The number of carbonyl (C=O) groups excluding carboxylic acids is 1. The van der Waals surface area contributed by atoms with Crippen LogP contribution in [0.2, 0.25) is 0 Å². The molecule has 0 spiro atoms. The fourth-order valence-corrected chi connectivity index (χ4v) is 3.97. The molecule has 3 N–H and O–H groups in total. The molecule has 2 aromatic heterocycles. The molecule has 3 atom stereocenters. The second-order valence-corrected chi connectivity index (χ2v) is 7.84. The van der Waals surface area contributed by atoms with Crippen LogP contribution in [0.5, 0.6) is 0 Å². The fourth-order valence-electron chi connectivity index (χ4n) is 3.97. The van der Waals surface area contributed by atoms with E-state index >= 15 is 0 Å². The number of nitrogens with two attached hydrogens (primary N) is 1. The molecule has 4 rings (SSSR count). The molecule has 3 aromatic rings. The minimum absolute atomic E-state index is 0.113. The van der Waals surface area contributed by atoms with Crippen LogP contribution in [0.15, 0.2) is 36.7 Å². The Morgan fingerprint density at radius 2 is 2.07 bits per heavy atom. The first kappa shape index (κ1) is 18.5. The molecule has 1 aliphatic rings. The number of benzene rings is 1. The Hall–Kier alpha value is -2.89. The molecule has 0 bridgehead atoms. The number of nitrogen functional groups attached to an aromatic ring is 1. The van der Waals surface area contributed by atoms with E-state index in [1.54, 1.807) is 0 Å². The molecule has 146 valence electrons. The van der Waals surface area contributed by atoms with Gasteiger partial charge in [-0.1, -0.05) is 30.3 Å². The summed E-state index contributed by atoms with van der Waals surface area (Å²) in [6.45, 7) is 6.80. The van der Waals surface area contributed by atoms with Crippen molar-refractivity contribution in [1.29, 1.82) is 0 Å². The zero-order chi connectivity index (χ0) is 19.8. The monoisotopic (exact) mass is 377 g/mol. The van der Waals surface area contributed by atoms with E-state index < -0.39 is 0 Å². The minimum atomic E-state index is 0.113. The fraction of sp³-hybridized carbons (Fsp3) is 0.409. The van der Waals surface area contributed by atoms with E-state index in [1.165, 1.54) is 5.56 Å². The van der Waals surface area contributed by atoms with Crippen LogP contribution in [0, 0.1) is 19.8 Å². The predicted octanol–water partition coefficient (Wildman–Crippen LogP) is 3.50. The number of imidazole rings is 1. The lowest BCUT2D eigenvalue weighted by Crippen LogP contribution is -2.27. The molecule has 1 aromatic carbocycles. The van der Waals surface area contributed by atoms with E-state index in [0.29, 0.717) is 18.3 Å². The van der Waals surface area contributed by atoms with Crippen LogP contribution >= 0.6 is 0 Å². The Morgan fingerprint density at radius 3 is 2.82 bits per heavy atom. The molecule has 0 saturated heterocycles. The highest BCUT2D eigenvalue weighted by molar-refractivity contribution is 5.88. The summed E-state index contributed by atoms with van der Waals surface area (Å²) in [5.41, 5.74) is 11.1. The highest BCUT2D eigenvalue weighted by atomic mass is 16.2. The quantitative estimate of drug-likeness (QED) is 0.688. The summed E-state index contributed by atoms with van der Waals surface area (Å²) in [6, 6.07) is 10.5. The summed E-state index contributed by atoms with van der Waals surface area (Å²) in [7, 11) is 0. The Morgan fingerprint density at radius 1 is 1.32 bits per heavy atom. The lowest BCUT2D eigenvalue weighted by molar-refractivity contribution is -0.122. The predicted molar refractivity (Wildman–Crippen MR) is 111 cm³/mol. The molecule has 0 radical (unpaired) electrons. The number of anilines is 1. The molecule has 28 heavy (non-hydrogen) atoms. The highest BCUT2D eigenvalue weighted by Crippen LogP contribution is 2.47. The van der Waals surface area contributed by atoms with Crippen molar-refractivity contribution in [2.75, 3.05) is 12.3 Å². The van der Waals surface area contributed by atoms with Crippen molar-refractivity contribution in [2.45, 2.75) is 45.6 Å². The minimum Gasteiger partial charge on any atom is -0.382 e. The van der Waals surface area contributed by atoms with Crippen LogP contribution in [-0.2, 0) is 4.79 Å². The number of hydrogen-bond acceptors (Lipinski definition) is 4. The second-order valence-electron chi connectivity index (χ2n) is 7.84. The Kier molecular flexibility index (Phi) is 4.79. The van der Waals surface area contributed by atoms with Crippen LogP contribution in [0.4, 0.5) is 5.82 Å². The largest absolute Gasteiger partial charge is 0.382 e. The molecule has 1 fully saturated rings. The summed E-state index contributed by atoms with van der Waals surface area (Å²) in [4.78, 5) is 21.3. The SMILES string of the molecule is Cc1nc(N)c2ncn(C(C)CCNC(=O)[C@@H]3C[C@H]3c3ccccc3)c2c1C. The van der Waals surface area contributed by atoms with Gasteiger partial charge in [0.1, 0.15) is 5.52 Å². The van der Waals surface area contributed by atoms with Gasteiger partial charge >= 0.3 is 0 Å². The van der Waals surface area contributed by atoms with Gasteiger partial charge in [0, 0.05) is 24.2 Å². The van der Waals surface area contributed by atoms with Crippen LogP contribution in [0.3, 0.4) is 0 Å². The van der Waals surface area contributed by atoms with Gasteiger partial charge in [0.2, 0.25) is 5.91 Å². The lowest BCUT2D eigenvalue weighted by Gasteiger charge is -2.16. The first-order valence-corrected chi connectivity index (χ1v) is 9.89. The van der Waals surface area contributed by atoms with Gasteiger partial charge in [0.05, 0.1) is 11.8 Å². The van der Waals surface area contributed by atoms with Gasteiger partial charge in [-0.25, -0.2) is 9.97 Å². The number of rotatable bonds is 6. The second kappa shape index (κ2) is 7.26. The maximum absolute atomic E-state index is 12.5. The molecular formula is C22H27N5O. The standard InChI is InChI=1S/C22H27N5O/c1-13(27-12-25-19-20(27)14(2)15(3)26-21(19)23)9-10-24-22(28)18-11-17(18)16-7-5-4-6-8-16/h4-8,12-13,17-18H,9-11H2,1-3H3,(H2,23,26)(H,24,28)/t13?,17-,18+/m0/s1. The van der Waals surface area contributed by atoms with Crippen LogP contribution in [0.1, 0.15) is 48.5 Å². The van der Waals surface area contributed by atoms with Gasteiger partial charge in [-0.05, 0) is 50.7 Å². The smallest absolute Gasteiger partial charge is 0.223 e. The first-order valence-electron chi connectivity index (χ1n) is 9.89. The number of pyridine rings is 1. The highest BCUT2D eigenvalue weighted by Gasteiger charge is 2.43. The van der Waals surface area contributed by atoms with Crippen molar-refractivity contribution in [2.24, 2.45) is 5.92 Å². The van der Waals surface area contributed by atoms with E-state index in [4.69, 9.17) is 5.73 Å². The number of hydrogen-bond donors (Lipinski definition) is 2. The third kappa shape index (κ3) is 3.35. The Balaban J connectivity index is 1.36. The maximum atomic E-state index is 12.5. The zero-order valence-corrected chi connectivity index (χ0v) is 16.6. The number of nitrogens with one attached hydrogen (secondary N) is 1. The normalized spacial score (nSPS) is 19.5. The van der Waals surface area contributed by atoms with Crippen molar-refractivity contribution >= 4 is 22.8 Å². The average molecular weight is 377 g/mol. The van der Waals surface area contributed by atoms with Gasteiger partial charge < -0.3 is 15.6 Å². The van der Waals surface area contributed by atoms with Crippen molar-refractivity contribution in [3.8, 4) is 0 Å². The van der Waals surface area contributed by atoms with Gasteiger partial charge in [0.15, 0.2) is 5.82 Å². The van der Waals surface area contributed by atoms with Gasteiger partial charge in [-0.15, -0.1) is 0 Å². The van der Waals surface area contributed by atoms with Crippen molar-refractivity contribution in [3.05, 3.63) is 53.5 Å². The molecule has 0 aliphatic heterocycles. The molecule has 6 heteroatoms. The molecule has 1 aliphatic carbocycles. The van der Waals surface area contributed by atoms with Crippen molar-refractivity contribution in [1.82, 2.24) is 19.9 Å². The van der Waals surface area contributed by atoms with Crippen LogP contribution in [-0.4, -0.2) is 27.0 Å². The lowest BCUT2D eigenvalue weighted by atomic mass is 10.1. The van der Waals surface area contributed by atoms with Crippen LogP contribution < -0.4 is 11.1 Å². The Bertz CT molecular complexity index is 1010. The molecule has 2 heterocycles. The van der Waals surface area contributed by atoms with Gasteiger partial charge in [-0.3, -0.25) is 4.79 Å². The number of nitrogens with zero attached hydrogens (tertiary/aromatic N) is 3. The number of carbonyl (C=O) groups is 1. The van der Waals surface area contributed by atoms with E-state index in [0.717, 1.165) is 35.1 Å². The summed E-state index contributed by atoms with van der Waals surface area (Å²) in [5, 5.41) is 3.11.